The van der Waals surface area contributed by atoms with E-state index in [0.717, 1.165) is 24.8 Å². The van der Waals surface area contributed by atoms with Crippen molar-refractivity contribution in [3.05, 3.63) is 53.6 Å². The van der Waals surface area contributed by atoms with Crippen LogP contribution in [0, 0.1) is 28.6 Å². The molecule has 9 atom stereocenters. The van der Waals surface area contributed by atoms with Crippen molar-refractivity contribution in [3.63, 3.8) is 0 Å². The lowest BCUT2D eigenvalue weighted by atomic mass is 9.46. The predicted octanol–water partition coefficient (Wildman–Crippen LogP) is 3.52. The summed E-state index contributed by atoms with van der Waals surface area (Å²) in [5, 5.41) is 22.1. The molecule has 4 fully saturated rings. The number of ether oxygens (including phenoxy) is 4. The number of hydrogen-bond acceptors (Lipinski definition) is 11. The Morgan fingerprint density at radius 1 is 1.03 bits per heavy atom. The number of primary amides is 1. The Bertz CT molecular complexity index is 1800. The summed E-state index contributed by atoms with van der Waals surface area (Å²) in [4.78, 5) is 74.2. The van der Waals surface area contributed by atoms with Crippen molar-refractivity contribution in [2.45, 2.75) is 109 Å². The van der Waals surface area contributed by atoms with Gasteiger partial charge in [0.25, 0.3) is 0 Å². The van der Waals surface area contributed by atoms with Crippen LogP contribution in [0.2, 0.25) is 0 Å². The van der Waals surface area contributed by atoms with Crippen LogP contribution >= 0.6 is 0 Å². The van der Waals surface area contributed by atoms with E-state index in [1.54, 1.807) is 36.4 Å². The molecule has 16 nitrogen and oxygen atoms in total. The molecule has 7 N–H and O–H groups in total. The van der Waals surface area contributed by atoms with Crippen LogP contribution in [0.15, 0.2) is 48.1 Å². The van der Waals surface area contributed by atoms with Crippen molar-refractivity contribution in [1.82, 2.24) is 16.0 Å². The van der Waals surface area contributed by atoms with E-state index in [2.05, 4.69) is 28.2 Å². The molecule has 16 heteroatoms. The Hall–Kier alpha value is -4.64. The van der Waals surface area contributed by atoms with Crippen molar-refractivity contribution in [2.24, 2.45) is 34.3 Å². The van der Waals surface area contributed by atoms with Crippen molar-refractivity contribution >= 4 is 41.2 Å². The van der Waals surface area contributed by atoms with E-state index in [1.165, 1.54) is 0 Å². The maximum atomic E-state index is 14.4. The molecule has 5 amide bonds. The van der Waals surface area contributed by atoms with Gasteiger partial charge < -0.3 is 51.1 Å². The quantitative estimate of drug-likeness (QED) is 0.0985. The second-order valence-electron chi connectivity index (χ2n) is 16.6. The lowest BCUT2D eigenvalue weighted by Crippen LogP contribution is -2.63. The third-order valence-electron chi connectivity index (χ3n) is 13.0. The van der Waals surface area contributed by atoms with Crippen LogP contribution in [0.3, 0.4) is 0 Å². The minimum absolute atomic E-state index is 0.0257. The molecule has 0 bridgehead atoms. The zero-order chi connectivity index (χ0) is 41.7. The van der Waals surface area contributed by atoms with Gasteiger partial charge in [-0.2, -0.15) is 0 Å². The van der Waals surface area contributed by atoms with Gasteiger partial charge in [0, 0.05) is 35.4 Å². The van der Waals surface area contributed by atoms with Crippen LogP contribution in [-0.2, 0) is 44.7 Å². The molecule has 6 rings (SSSR count). The molecule has 1 aliphatic heterocycles. The number of nitrogens with one attached hydrogen (secondary N) is 4. The van der Waals surface area contributed by atoms with Crippen molar-refractivity contribution in [3.8, 4) is 0 Å². The molecule has 316 valence electrons. The van der Waals surface area contributed by atoms with E-state index < -0.39 is 53.0 Å². The fraction of sp³-hybridized carbons (Fsp3) is 0.619. The number of anilines is 1. The average Bonchev–Trinajstić information content (AvgIpc) is 3.66. The van der Waals surface area contributed by atoms with Crippen LogP contribution in [0.1, 0.15) is 84.1 Å². The molecule has 1 aromatic rings. The highest BCUT2D eigenvalue weighted by Gasteiger charge is 2.75. The number of unbranched alkanes of at least 4 members (excludes halogenated alkanes) is 1. The molecular formula is C42H57N5O11. The van der Waals surface area contributed by atoms with Gasteiger partial charge in [0.15, 0.2) is 23.5 Å². The first-order valence-corrected chi connectivity index (χ1v) is 20.4. The molecule has 1 heterocycles. The summed E-state index contributed by atoms with van der Waals surface area (Å²) >= 11 is 0. The Morgan fingerprint density at radius 2 is 1.81 bits per heavy atom. The topological polar surface area (TPSA) is 234 Å². The number of rotatable bonds is 17. The number of aliphatic hydroxyl groups is 1. The molecular weight excluding hydrogens is 750 g/mol. The number of ketones is 2. The Kier molecular flexibility index (Phi) is 13.4. The fourth-order valence-corrected chi connectivity index (χ4v) is 10.3. The smallest absolute Gasteiger partial charge is 0.407 e. The van der Waals surface area contributed by atoms with Crippen molar-refractivity contribution in [2.75, 3.05) is 31.7 Å². The first kappa shape index (κ1) is 43.0. The molecule has 3 saturated carbocycles. The zero-order valence-electron chi connectivity index (χ0n) is 33.5. The summed E-state index contributed by atoms with van der Waals surface area (Å²) in [6, 6.07) is 6.15. The molecule has 5 aliphatic rings. The van der Waals surface area contributed by atoms with E-state index >= 15 is 0 Å². The maximum absolute atomic E-state index is 14.4. The normalized spacial score (nSPS) is 31.8. The number of alkyl carbamates (subject to hydrolysis) is 1. The fourth-order valence-electron chi connectivity index (χ4n) is 10.3. The second kappa shape index (κ2) is 18.1. The SMILES string of the molecule is CCCC1O[C@@H]2CC3[C@@H]4CCC5=CC(=O)C=C[C@]5(C)C4[C@@H](O)C[C@]3(C)[C@]2(C(=O)COCNC(=O)CNC(=O)OCc2ccc(NC(=O)CCCCNC(N)=O)cc2)O1. The number of aliphatic hydroxyl groups excluding tert-OH is 1. The van der Waals surface area contributed by atoms with Crippen molar-refractivity contribution < 1.29 is 52.8 Å². The number of amides is 5. The Labute approximate surface area is 338 Å². The highest BCUT2D eigenvalue weighted by Crippen LogP contribution is 2.69. The molecule has 0 radical (unpaired) electrons. The lowest BCUT2D eigenvalue weighted by Gasteiger charge is -2.59. The van der Waals surface area contributed by atoms with Gasteiger partial charge in [0.1, 0.15) is 26.5 Å². The standard InChI is InChI=1S/C42H57N5O11/c1-4-7-36-57-33-19-30-29-14-11-26-18-28(48)15-16-40(26,2)37(29)31(49)20-41(30,3)42(33,58-36)32(50)23-55-24-46-35(52)21-45-39(54)56-22-25-9-12-27(13-10-25)47-34(51)8-5-6-17-44-38(43)53/h9-10,12-13,15-16,18,29-31,33,36-37,49H,4-8,11,14,17,19-24H2,1-3H3,(H,45,54)(H,46,52)(H,47,51)(H3,43,44,53)/t29-,30?,31-,33+,36?,37?,40-,41-,42+/m0/s1. The number of urea groups is 1. The summed E-state index contributed by atoms with van der Waals surface area (Å²) < 4.78 is 24.0. The first-order chi connectivity index (χ1) is 27.7. The highest BCUT2D eigenvalue weighted by atomic mass is 16.7. The predicted molar refractivity (Wildman–Crippen MR) is 209 cm³/mol. The number of benzene rings is 1. The number of Topliss-reactive ketones (excluding diaryl/α,β-unsaturated/α-hetero) is 1. The molecule has 0 spiro atoms. The molecule has 0 aromatic heterocycles. The van der Waals surface area contributed by atoms with Crippen LogP contribution in [0.4, 0.5) is 15.3 Å². The van der Waals surface area contributed by atoms with Gasteiger partial charge in [-0.3, -0.25) is 19.2 Å². The number of hydrogen-bond donors (Lipinski definition) is 6. The van der Waals surface area contributed by atoms with E-state index in [0.29, 0.717) is 49.9 Å². The summed E-state index contributed by atoms with van der Waals surface area (Å²) in [7, 11) is 0. The third-order valence-corrected chi connectivity index (χ3v) is 13.0. The van der Waals surface area contributed by atoms with Crippen LogP contribution < -0.4 is 27.0 Å². The number of nitrogens with two attached hydrogens (primary N) is 1. The third kappa shape index (κ3) is 8.84. The van der Waals surface area contributed by atoms with Gasteiger partial charge in [-0.25, -0.2) is 9.59 Å². The summed E-state index contributed by atoms with van der Waals surface area (Å²) in [5.41, 5.74) is 4.78. The maximum Gasteiger partial charge on any atom is 0.407 e. The number of carbonyl (C=O) groups is 6. The van der Waals surface area contributed by atoms with Gasteiger partial charge >= 0.3 is 12.1 Å². The minimum Gasteiger partial charge on any atom is -0.445 e. The lowest BCUT2D eigenvalue weighted by molar-refractivity contribution is -0.201. The largest absolute Gasteiger partial charge is 0.445 e. The molecule has 1 aromatic carbocycles. The summed E-state index contributed by atoms with van der Waals surface area (Å²) in [6.07, 6.45) is 8.04. The number of carbonyl (C=O) groups excluding carboxylic acids is 6. The Balaban J connectivity index is 0.950. The summed E-state index contributed by atoms with van der Waals surface area (Å²) in [6.45, 7) is 5.48. The molecule has 1 saturated heterocycles. The van der Waals surface area contributed by atoms with E-state index in [1.807, 2.05) is 19.9 Å². The van der Waals surface area contributed by atoms with Gasteiger partial charge in [-0.05, 0) is 86.6 Å². The van der Waals surface area contributed by atoms with Gasteiger partial charge in [-0.1, -0.05) is 51.0 Å². The van der Waals surface area contributed by atoms with Gasteiger partial charge in [0.05, 0.1) is 12.2 Å². The molecule has 4 aliphatic carbocycles. The monoisotopic (exact) mass is 807 g/mol. The Morgan fingerprint density at radius 3 is 2.55 bits per heavy atom. The first-order valence-electron chi connectivity index (χ1n) is 20.4. The number of fused-ring (bicyclic) bond motifs is 7. The van der Waals surface area contributed by atoms with Gasteiger partial charge in [-0.15, -0.1) is 0 Å². The van der Waals surface area contributed by atoms with Crippen LogP contribution in [-0.4, -0.2) is 91.1 Å². The second-order valence-corrected chi connectivity index (χ2v) is 16.6. The van der Waals surface area contributed by atoms with Gasteiger partial charge in [0.2, 0.25) is 11.8 Å². The summed E-state index contributed by atoms with van der Waals surface area (Å²) in [5.74, 6) is -1.05. The molecule has 58 heavy (non-hydrogen) atoms. The van der Waals surface area contributed by atoms with Crippen LogP contribution in [0.25, 0.3) is 0 Å². The van der Waals surface area contributed by atoms with E-state index in [4.69, 9.17) is 24.7 Å². The van der Waals surface area contributed by atoms with Crippen LogP contribution in [0.5, 0.6) is 0 Å². The van der Waals surface area contributed by atoms with Crippen molar-refractivity contribution in [1.29, 1.82) is 0 Å². The number of allylic oxidation sites excluding steroid dienone is 4. The zero-order valence-corrected chi connectivity index (χ0v) is 33.5. The highest BCUT2D eigenvalue weighted by molar-refractivity contribution is 6.01. The van der Waals surface area contributed by atoms with E-state index in [9.17, 15) is 33.9 Å². The minimum atomic E-state index is -1.34. The molecule has 3 unspecified atom stereocenters. The van der Waals surface area contributed by atoms with E-state index in [-0.39, 0.29) is 68.1 Å². The average molecular weight is 808 g/mol.